The molecule has 2 aliphatic rings. The van der Waals surface area contributed by atoms with Gasteiger partial charge in [0.1, 0.15) is 10.3 Å². The van der Waals surface area contributed by atoms with Gasteiger partial charge in [0.05, 0.1) is 12.0 Å². The summed E-state index contributed by atoms with van der Waals surface area (Å²) in [5, 5.41) is 2.85. The number of piperidine rings is 1. The van der Waals surface area contributed by atoms with E-state index in [1.807, 2.05) is 0 Å². The highest BCUT2D eigenvalue weighted by Gasteiger charge is 2.42. The number of fused-ring (bicyclic) bond motifs is 1. The van der Waals surface area contributed by atoms with E-state index in [4.69, 9.17) is 0 Å². The Bertz CT molecular complexity index is 534. The zero-order valence-electron chi connectivity index (χ0n) is 10.3. The second kappa shape index (κ2) is 4.92. The molecule has 5 nitrogen and oxygen atoms in total. The van der Waals surface area contributed by atoms with E-state index in [1.54, 1.807) is 23.1 Å². The number of rotatable bonds is 1. The molecule has 2 amide bonds. The Morgan fingerprint density at radius 3 is 3.11 bits per heavy atom. The lowest BCUT2D eigenvalue weighted by Crippen LogP contribution is -2.48. The maximum atomic E-state index is 12.5. The van der Waals surface area contributed by atoms with Crippen molar-refractivity contribution in [2.75, 3.05) is 13.1 Å². The third-order valence-corrected chi connectivity index (χ3v) is 4.24. The molecule has 0 saturated carbocycles. The molecule has 19 heavy (non-hydrogen) atoms. The maximum absolute atomic E-state index is 12.5. The average molecular weight is 324 g/mol. The molecule has 0 radical (unpaired) electrons. The predicted molar refractivity (Wildman–Crippen MR) is 72.5 cm³/mol. The van der Waals surface area contributed by atoms with Gasteiger partial charge in [0.15, 0.2) is 0 Å². The third-order valence-electron chi connectivity index (χ3n) is 3.80. The summed E-state index contributed by atoms with van der Waals surface area (Å²) in [5.41, 5.74) is 0.425. The van der Waals surface area contributed by atoms with E-state index in [0.717, 1.165) is 12.8 Å². The molecule has 1 aromatic rings. The van der Waals surface area contributed by atoms with Gasteiger partial charge in [-0.15, -0.1) is 0 Å². The zero-order valence-corrected chi connectivity index (χ0v) is 11.9. The molecule has 2 atom stereocenters. The molecule has 3 heterocycles. The van der Waals surface area contributed by atoms with Gasteiger partial charge in [-0.3, -0.25) is 9.59 Å². The van der Waals surface area contributed by atoms with Crippen LogP contribution in [-0.4, -0.2) is 40.8 Å². The number of hydrogen-bond acceptors (Lipinski definition) is 3. The van der Waals surface area contributed by atoms with Crippen LogP contribution in [-0.2, 0) is 4.79 Å². The van der Waals surface area contributed by atoms with Gasteiger partial charge >= 0.3 is 0 Å². The summed E-state index contributed by atoms with van der Waals surface area (Å²) in [4.78, 5) is 30.2. The molecule has 6 heteroatoms. The highest BCUT2D eigenvalue weighted by molar-refractivity contribution is 9.10. The molecule has 2 saturated heterocycles. The summed E-state index contributed by atoms with van der Waals surface area (Å²) in [6, 6.07) is 5.27. The molecule has 1 N–H and O–H groups in total. The van der Waals surface area contributed by atoms with Crippen LogP contribution >= 0.6 is 15.9 Å². The van der Waals surface area contributed by atoms with Gasteiger partial charge in [0.2, 0.25) is 5.91 Å². The molecule has 3 rings (SSSR count). The van der Waals surface area contributed by atoms with Crippen LogP contribution in [0.4, 0.5) is 0 Å². The monoisotopic (exact) mass is 323 g/mol. The van der Waals surface area contributed by atoms with Crippen LogP contribution in [0.5, 0.6) is 0 Å². The normalized spacial score (nSPS) is 25.9. The van der Waals surface area contributed by atoms with Crippen LogP contribution in [0.3, 0.4) is 0 Å². The summed E-state index contributed by atoms with van der Waals surface area (Å²) < 4.78 is 0.646. The van der Waals surface area contributed by atoms with Gasteiger partial charge in [-0.2, -0.15) is 0 Å². The van der Waals surface area contributed by atoms with Crippen LogP contribution in [0.15, 0.2) is 22.8 Å². The van der Waals surface area contributed by atoms with Crippen molar-refractivity contribution < 1.29 is 9.59 Å². The predicted octanol–water partition coefficient (Wildman–Crippen LogP) is 1.19. The molecule has 1 aromatic heterocycles. The number of hydrogen-bond donors (Lipinski definition) is 1. The lowest BCUT2D eigenvalue weighted by Gasteiger charge is -2.35. The van der Waals surface area contributed by atoms with Crippen LogP contribution in [0.1, 0.15) is 23.3 Å². The fourth-order valence-electron chi connectivity index (χ4n) is 2.88. The molecule has 100 valence electrons. The lowest BCUT2D eigenvalue weighted by molar-refractivity contribution is -0.123. The molecule has 2 fully saturated rings. The van der Waals surface area contributed by atoms with E-state index in [-0.39, 0.29) is 23.8 Å². The van der Waals surface area contributed by atoms with Gasteiger partial charge in [0.25, 0.3) is 5.91 Å². The van der Waals surface area contributed by atoms with Crippen molar-refractivity contribution in [2.24, 2.45) is 5.92 Å². The fraction of sp³-hybridized carbons (Fsp3) is 0.462. The van der Waals surface area contributed by atoms with E-state index in [0.29, 0.717) is 23.4 Å². The second-order valence-corrected chi connectivity index (χ2v) is 5.72. The molecule has 0 bridgehead atoms. The Morgan fingerprint density at radius 1 is 1.47 bits per heavy atom. The summed E-state index contributed by atoms with van der Waals surface area (Å²) in [7, 11) is 0. The zero-order chi connectivity index (χ0) is 13.4. The van der Waals surface area contributed by atoms with Gasteiger partial charge in [-0.05, 0) is 40.9 Å². The van der Waals surface area contributed by atoms with Crippen molar-refractivity contribution in [2.45, 2.75) is 18.9 Å². The van der Waals surface area contributed by atoms with E-state index in [1.165, 1.54) is 0 Å². The molecule has 0 spiro atoms. The topological polar surface area (TPSA) is 62.3 Å². The first-order valence-corrected chi connectivity index (χ1v) is 7.17. The quantitative estimate of drug-likeness (QED) is 0.790. The fourth-order valence-corrected chi connectivity index (χ4v) is 3.22. The number of pyridine rings is 1. The number of amides is 2. The smallest absolute Gasteiger partial charge is 0.272 e. The molecule has 0 aromatic carbocycles. The number of aromatic nitrogens is 1. The van der Waals surface area contributed by atoms with E-state index < -0.39 is 0 Å². The first kappa shape index (κ1) is 12.6. The Morgan fingerprint density at radius 2 is 2.32 bits per heavy atom. The minimum Gasteiger partial charge on any atom is -0.354 e. The van der Waals surface area contributed by atoms with Gasteiger partial charge < -0.3 is 10.2 Å². The van der Waals surface area contributed by atoms with Crippen LogP contribution in [0, 0.1) is 5.92 Å². The summed E-state index contributed by atoms with van der Waals surface area (Å²) in [6.07, 6.45) is 1.74. The second-order valence-electron chi connectivity index (χ2n) is 4.91. The number of likely N-dealkylation sites (tertiary alicyclic amines) is 1. The minimum absolute atomic E-state index is 0.0190. The van der Waals surface area contributed by atoms with Crippen molar-refractivity contribution in [3.8, 4) is 0 Å². The number of halogens is 1. The Kier molecular flexibility index (Phi) is 3.26. The van der Waals surface area contributed by atoms with Crippen LogP contribution in [0.25, 0.3) is 0 Å². The van der Waals surface area contributed by atoms with Crippen molar-refractivity contribution >= 4 is 27.7 Å². The summed E-state index contributed by atoms with van der Waals surface area (Å²) in [5.74, 6) is -0.0675. The first-order valence-electron chi connectivity index (χ1n) is 6.38. The van der Waals surface area contributed by atoms with E-state index >= 15 is 0 Å². The highest BCUT2D eigenvalue weighted by Crippen LogP contribution is 2.28. The van der Waals surface area contributed by atoms with E-state index in [9.17, 15) is 9.59 Å². The molecule has 2 aliphatic heterocycles. The largest absolute Gasteiger partial charge is 0.354 e. The summed E-state index contributed by atoms with van der Waals surface area (Å²) >= 11 is 3.27. The van der Waals surface area contributed by atoms with Crippen molar-refractivity contribution in [3.05, 3.63) is 28.5 Å². The standard InChI is InChI=1S/C13H14BrN3O2/c14-11-5-1-4-9(16-11)13(19)17-6-2-3-8-10(17)7-15-12(8)18/h1,4-5,8,10H,2-3,6-7H2,(H,15,18). The third kappa shape index (κ3) is 2.25. The highest BCUT2D eigenvalue weighted by atomic mass is 79.9. The Hall–Kier alpha value is -1.43. The van der Waals surface area contributed by atoms with Crippen molar-refractivity contribution in [3.63, 3.8) is 0 Å². The molecule has 2 unspecified atom stereocenters. The number of carbonyl (C=O) groups is 2. The van der Waals surface area contributed by atoms with Crippen LogP contribution in [0.2, 0.25) is 0 Å². The van der Waals surface area contributed by atoms with E-state index in [2.05, 4.69) is 26.2 Å². The van der Waals surface area contributed by atoms with Gasteiger partial charge in [-0.25, -0.2) is 4.98 Å². The first-order chi connectivity index (χ1) is 9.16. The Balaban J connectivity index is 1.85. The van der Waals surface area contributed by atoms with Crippen molar-refractivity contribution in [1.82, 2.24) is 15.2 Å². The van der Waals surface area contributed by atoms with Gasteiger partial charge in [-0.1, -0.05) is 6.07 Å². The number of nitrogens with zero attached hydrogens (tertiary/aromatic N) is 2. The molecular formula is C13H14BrN3O2. The SMILES string of the molecule is O=C1NCC2C1CCCN2C(=O)c1cccc(Br)n1. The molecule has 0 aliphatic carbocycles. The van der Waals surface area contributed by atoms with Gasteiger partial charge in [0, 0.05) is 13.1 Å². The molecular weight excluding hydrogens is 310 g/mol. The minimum atomic E-state index is -0.0903. The lowest BCUT2D eigenvalue weighted by atomic mass is 9.91. The maximum Gasteiger partial charge on any atom is 0.272 e. The average Bonchev–Trinajstić information content (AvgIpc) is 2.80. The Labute approximate surface area is 119 Å². The van der Waals surface area contributed by atoms with Crippen molar-refractivity contribution in [1.29, 1.82) is 0 Å². The van der Waals surface area contributed by atoms with Crippen LogP contribution < -0.4 is 5.32 Å². The number of carbonyl (C=O) groups excluding carboxylic acids is 2. The summed E-state index contributed by atoms with van der Waals surface area (Å²) in [6.45, 7) is 1.26. The number of nitrogens with one attached hydrogen (secondary N) is 1.